The quantitative estimate of drug-likeness (QED) is 0.813. The molecule has 0 aliphatic heterocycles. The fourth-order valence-electron chi connectivity index (χ4n) is 2.31. The van der Waals surface area contributed by atoms with E-state index in [1.54, 1.807) is 14.0 Å². The highest BCUT2D eigenvalue weighted by Crippen LogP contribution is 2.32. The standard InChI is InChI=1S/C14H17NO2/c1-9(16)8-12-10(2)15(3)14-11(12)6-5-7-13(14)17-4/h5-7H,8H2,1-4H3. The lowest BCUT2D eigenvalue weighted by Crippen LogP contribution is -1.99. The Morgan fingerprint density at radius 2 is 2.12 bits per heavy atom. The third-order valence-electron chi connectivity index (χ3n) is 3.25. The predicted molar refractivity (Wildman–Crippen MR) is 68.6 cm³/mol. The van der Waals surface area contributed by atoms with Crippen molar-refractivity contribution < 1.29 is 9.53 Å². The minimum Gasteiger partial charge on any atom is -0.495 e. The zero-order chi connectivity index (χ0) is 12.6. The number of ether oxygens (including phenoxy) is 1. The lowest BCUT2D eigenvalue weighted by molar-refractivity contribution is -0.116. The SMILES string of the molecule is COc1cccc2c(CC(C)=O)c(C)n(C)c12. The summed E-state index contributed by atoms with van der Waals surface area (Å²) in [7, 11) is 3.67. The van der Waals surface area contributed by atoms with E-state index in [0.717, 1.165) is 27.9 Å². The first-order valence-corrected chi connectivity index (χ1v) is 5.66. The predicted octanol–water partition coefficient (Wildman–Crippen LogP) is 2.63. The first kappa shape index (κ1) is 11.7. The molecule has 1 aromatic carbocycles. The summed E-state index contributed by atoms with van der Waals surface area (Å²) in [6.45, 7) is 3.66. The molecule has 0 radical (unpaired) electrons. The molecule has 3 nitrogen and oxygen atoms in total. The molecule has 2 rings (SSSR count). The van der Waals surface area contributed by atoms with Gasteiger partial charge in [0.05, 0.1) is 12.6 Å². The second kappa shape index (κ2) is 4.24. The summed E-state index contributed by atoms with van der Waals surface area (Å²) in [4.78, 5) is 11.3. The number of hydrogen-bond donors (Lipinski definition) is 0. The Balaban J connectivity index is 2.77. The van der Waals surface area contributed by atoms with Crippen LogP contribution in [0.25, 0.3) is 10.9 Å². The van der Waals surface area contributed by atoms with Crippen LogP contribution in [0.15, 0.2) is 18.2 Å². The zero-order valence-corrected chi connectivity index (χ0v) is 10.7. The van der Waals surface area contributed by atoms with Crippen molar-refractivity contribution in [2.75, 3.05) is 7.11 Å². The van der Waals surface area contributed by atoms with Crippen LogP contribution in [0.1, 0.15) is 18.2 Å². The number of aromatic nitrogens is 1. The summed E-state index contributed by atoms with van der Waals surface area (Å²) in [6.07, 6.45) is 0.482. The first-order valence-electron chi connectivity index (χ1n) is 5.66. The molecule has 1 aromatic heterocycles. The summed E-state index contributed by atoms with van der Waals surface area (Å²) in [5.41, 5.74) is 3.29. The molecule has 0 fully saturated rings. The second-order valence-corrected chi connectivity index (χ2v) is 4.36. The molecule has 0 spiro atoms. The molecule has 3 heteroatoms. The summed E-state index contributed by atoms with van der Waals surface area (Å²) in [5.74, 6) is 1.03. The Bertz CT molecular complexity index is 581. The van der Waals surface area contributed by atoms with E-state index in [2.05, 4.69) is 4.57 Å². The van der Waals surface area contributed by atoms with E-state index in [0.29, 0.717) is 6.42 Å². The van der Waals surface area contributed by atoms with Crippen LogP contribution in [0.3, 0.4) is 0 Å². The molecule has 0 unspecified atom stereocenters. The maximum Gasteiger partial charge on any atom is 0.143 e. The average molecular weight is 231 g/mol. The van der Waals surface area contributed by atoms with Gasteiger partial charge in [-0.1, -0.05) is 12.1 Å². The number of nitrogens with zero attached hydrogens (tertiary/aromatic N) is 1. The van der Waals surface area contributed by atoms with Crippen LogP contribution >= 0.6 is 0 Å². The van der Waals surface area contributed by atoms with Crippen LogP contribution in [0.4, 0.5) is 0 Å². The van der Waals surface area contributed by atoms with Gasteiger partial charge in [-0.2, -0.15) is 0 Å². The molecule has 0 aliphatic carbocycles. The maximum absolute atomic E-state index is 11.3. The maximum atomic E-state index is 11.3. The minimum absolute atomic E-state index is 0.184. The molecule has 1 heterocycles. The molecule has 0 N–H and O–H groups in total. The third kappa shape index (κ3) is 1.82. The lowest BCUT2D eigenvalue weighted by Gasteiger charge is -2.04. The normalized spacial score (nSPS) is 10.8. The van der Waals surface area contributed by atoms with Crippen molar-refractivity contribution in [1.82, 2.24) is 4.57 Å². The van der Waals surface area contributed by atoms with E-state index in [9.17, 15) is 4.79 Å². The van der Waals surface area contributed by atoms with Crippen molar-refractivity contribution in [3.63, 3.8) is 0 Å². The van der Waals surface area contributed by atoms with E-state index in [1.807, 2.05) is 32.2 Å². The molecule has 2 aromatic rings. The highest BCUT2D eigenvalue weighted by Gasteiger charge is 2.15. The molecule has 0 atom stereocenters. The van der Waals surface area contributed by atoms with Gasteiger partial charge >= 0.3 is 0 Å². The Kier molecular flexibility index (Phi) is 2.92. The van der Waals surface area contributed by atoms with Crippen LogP contribution in [-0.2, 0) is 18.3 Å². The summed E-state index contributed by atoms with van der Waals surface area (Å²) < 4.78 is 7.47. The molecular weight excluding hydrogens is 214 g/mol. The highest BCUT2D eigenvalue weighted by atomic mass is 16.5. The van der Waals surface area contributed by atoms with Crippen LogP contribution < -0.4 is 4.74 Å². The number of carbonyl (C=O) groups is 1. The lowest BCUT2D eigenvalue weighted by atomic mass is 10.1. The van der Waals surface area contributed by atoms with Gasteiger partial charge in [0.15, 0.2) is 0 Å². The van der Waals surface area contributed by atoms with Crippen molar-refractivity contribution in [2.24, 2.45) is 7.05 Å². The molecule has 0 bridgehead atoms. The van der Waals surface area contributed by atoms with Gasteiger partial charge in [0.2, 0.25) is 0 Å². The van der Waals surface area contributed by atoms with Crippen LogP contribution in [0.2, 0.25) is 0 Å². The zero-order valence-electron chi connectivity index (χ0n) is 10.7. The summed E-state index contributed by atoms with van der Waals surface area (Å²) >= 11 is 0. The molecular formula is C14H17NO2. The highest BCUT2D eigenvalue weighted by molar-refractivity contribution is 5.93. The van der Waals surface area contributed by atoms with Gasteiger partial charge in [-0.15, -0.1) is 0 Å². The average Bonchev–Trinajstić information content (AvgIpc) is 2.54. The Morgan fingerprint density at radius 3 is 2.71 bits per heavy atom. The number of para-hydroxylation sites is 1. The van der Waals surface area contributed by atoms with E-state index in [1.165, 1.54) is 0 Å². The van der Waals surface area contributed by atoms with Crippen molar-refractivity contribution in [2.45, 2.75) is 20.3 Å². The second-order valence-electron chi connectivity index (χ2n) is 4.36. The molecule has 0 aliphatic rings. The fourth-order valence-corrected chi connectivity index (χ4v) is 2.31. The van der Waals surface area contributed by atoms with Gasteiger partial charge in [-0.3, -0.25) is 4.79 Å². The Morgan fingerprint density at radius 1 is 1.41 bits per heavy atom. The molecule has 0 saturated heterocycles. The Labute approximate surface area is 101 Å². The number of hydrogen-bond acceptors (Lipinski definition) is 2. The van der Waals surface area contributed by atoms with E-state index < -0.39 is 0 Å². The first-order chi connectivity index (χ1) is 8.06. The number of fused-ring (bicyclic) bond motifs is 1. The van der Waals surface area contributed by atoms with Crippen LogP contribution in [0.5, 0.6) is 5.75 Å². The van der Waals surface area contributed by atoms with E-state index in [4.69, 9.17) is 4.74 Å². The largest absolute Gasteiger partial charge is 0.495 e. The fraction of sp³-hybridized carbons (Fsp3) is 0.357. The van der Waals surface area contributed by atoms with E-state index in [-0.39, 0.29) is 5.78 Å². The number of aryl methyl sites for hydroxylation is 1. The number of ketones is 1. The summed E-state index contributed by atoms with van der Waals surface area (Å²) in [5, 5.41) is 1.11. The third-order valence-corrected chi connectivity index (χ3v) is 3.25. The molecule has 0 amide bonds. The van der Waals surface area contributed by atoms with Gasteiger partial charge in [-0.05, 0) is 25.5 Å². The van der Waals surface area contributed by atoms with Gasteiger partial charge in [0.25, 0.3) is 0 Å². The van der Waals surface area contributed by atoms with Gasteiger partial charge in [0.1, 0.15) is 11.5 Å². The summed E-state index contributed by atoms with van der Waals surface area (Å²) in [6, 6.07) is 5.95. The van der Waals surface area contributed by atoms with Crippen molar-refractivity contribution >= 4 is 16.7 Å². The monoisotopic (exact) mass is 231 g/mol. The van der Waals surface area contributed by atoms with Crippen LogP contribution in [0, 0.1) is 6.92 Å². The van der Waals surface area contributed by atoms with Crippen LogP contribution in [-0.4, -0.2) is 17.5 Å². The number of Topliss-reactive ketones (excluding diaryl/α,β-unsaturated/α-hetero) is 1. The van der Waals surface area contributed by atoms with Crippen molar-refractivity contribution in [3.8, 4) is 5.75 Å². The van der Waals surface area contributed by atoms with Gasteiger partial charge < -0.3 is 9.30 Å². The molecule has 0 saturated carbocycles. The Hall–Kier alpha value is -1.77. The number of methoxy groups -OCH3 is 1. The topological polar surface area (TPSA) is 31.2 Å². The number of benzene rings is 1. The van der Waals surface area contributed by atoms with Crippen molar-refractivity contribution in [3.05, 3.63) is 29.5 Å². The smallest absolute Gasteiger partial charge is 0.143 e. The van der Waals surface area contributed by atoms with Gasteiger partial charge in [-0.25, -0.2) is 0 Å². The minimum atomic E-state index is 0.184. The molecule has 90 valence electrons. The van der Waals surface area contributed by atoms with Gasteiger partial charge in [0, 0.05) is 24.5 Å². The number of rotatable bonds is 3. The number of carbonyl (C=O) groups excluding carboxylic acids is 1. The van der Waals surface area contributed by atoms with Crippen molar-refractivity contribution in [1.29, 1.82) is 0 Å². The molecule has 17 heavy (non-hydrogen) atoms. The van der Waals surface area contributed by atoms with E-state index >= 15 is 0 Å².